The number of sulfonamides is 1. The predicted octanol–water partition coefficient (Wildman–Crippen LogP) is 2.91. The van der Waals surface area contributed by atoms with Gasteiger partial charge in [0.2, 0.25) is 10.0 Å². The number of hydrogen-bond acceptors (Lipinski definition) is 6. The fourth-order valence-corrected chi connectivity index (χ4v) is 4.91. The lowest BCUT2D eigenvalue weighted by Gasteiger charge is -2.26. The molecule has 1 fully saturated rings. The lowest BCUT2D eigenvalue weighted by molar-refractivity contribution is -0.134. The number of rotatable bonds is 9. The Hall–Kier alpha value is -3.14. The molecule has 0 aliphatic carbocycles. The first kappa shape index (κ1) is 23.0. The molecule has 9 heteroatoms. The summed E-state index contributed by atoms with van der Waals surface area (Å²) in [5.74, 6) is 0.888. The lowest BCUT2D eigenvalue weighted by Crippen LogP contribution is -2.40. The Morgan fingerprint density at radius 1 is 0.939 bits per heavy atom. The van der Waals surface area contributed by atoms with Gasteiger partial charge in [0.1, 0.15) is 11.5 Å². The molecule has 0 N–H and O–H groups in total. The van der Waals surface area contributed by atoms with Crippen molar-refractivity contribution in [3.8, 4) is 5.75 Å². The molecule has 8 nitrogen and oxygen atoms in total. The van der Waals surface area contributed by atoms with Crippen LogP contribution >= 0.6 is 0 Å². The van der Waals surface area contributed by atoms with Crippen LogP contribution in [-0.2, 0) is 32.6 Å². The van der Waals surface area contributed by atoms with Gasteiger partial charge < -0.3 is 18.8 Å². The van der Waals surface area contributed by atoms with Crippen molar-refractivity contribution in [3.05, 3.63) is 84.3 Å². The van der Waals surface area contributed by atoms with Crippen LogP contribution in [0.2, 0.25) is 0 Å². The highest BCUT2D eigenvalue weighted by Crippen LogP contribution is 2.21. The second kappa shape index (κ2) is 10.7. The third kappa shape index (κ3) is 6.01. The molecule has 1 saturated heterocycles. The maximum absolute atomic E-state index is 12.9. The summed E-state index contributed by atoms with van der Waals surface area (Å²) < 4.78 is 43.2. The Morgan fingerprint density at radius 2 is 1.67 bits per heavy atom. The van der Waals surface area contributed by atoms with Crippen molar-refractivity contribution in [1.82, 2.24) is 9.21 Å². The molecule has 33 heavy (non-hydrogen) atoms. The molecule has 0 unspecified atom stereocenters. The Morgan fingerprint density at radius 3 is 2.33 bits per heavy atom. The van der Waals surface area contributed by atoms with E-state index in [0.717, 1.165) is 5.56 Å². The molecular formula is C24H26N2O6S. The van der Waals surface area contributed by atoms with Gasteiger partial charge in [0, 0.05) is 19.6 Å². The molecule has 0 radical (unpaired) electrons. The van der Waals surface area contributed by atoms with E-state index in [1.165, 1.54) is 16.4 Å². The van der Waals surface area contributed by atoms with Crippen LogP contribution in [0.1, 0.15) is 11.3 Å². The van der Waals surface area contributed by atoms with Gasteiger partial charge in [-0.15, -0.1) is 0 Å². The van der Waals surface area contributed by atoms with E-state index in [0.29, 0.717) is 50.9 Å². The summed E-state index contributed by atoms with van der Waals surface area (Å²) in [6.07, 6.45) is 1.57. The molecule has 1 aliphatic rings. The zero-order chi connectivity index (χ0) is 23.1. The number of carbonyl (C=O) groups is 1. The molecule has 0 saturated carbocycles. The summed E-state index contributed by atoms with van der Waals surface area (Å²) in [5, 5.41) is 0. The van der Waals surface area contributed by atoms with Crippen molar-refractivity contribution in [3.63, 3.8) is 0 Å². The molecule has 0 atom stereocenters. The largest absolute Gasteiger partial charge is 0.484 e. The Bertz CT molecular complexity index is 1130. The number of amides is 1. The third-order valence-corrected chi connectivity index (χ3v) is 7.20. The monoisotopic (exact) mass is 470 g/mol. The Kier molecular flexibility index (Phi) is 7.43. The second-order valence-electron chi connectivity index (χ2n) is 7.59. The van der Waals surface area contributed by atoms with Crippen LogP contribution in [0.25, 0.3) is 0 Å². The molecule has 3 aromatic rings. The van der Waals surface area contributed by atoms with Crippen molar-refractivity contribution in [2.24, 2.45) is 0 Å². The van der Waals surface area contributed by atoms with E-state index in [2.05, 4.69) is 0 Å². The van der Waals surface area contributed by atoms with Gasteiger partial charge in [-0.25, -0.2) is 8.42 Å². The van der Waals surface area contributed by atoms with Crippen molar-refractivity contribution >= 4 is 15.9 Å². The van der Waals surface area contributed by atoms with Crippen LogP contribution in [0.5, 0.6) is 5.75 Å². The zero-order valence-corrected chi connectivity index (χ0v) is 18.9. The van der Waals surface area contributed by atoms with Crippen LogP contribution in [0.4, 0.5) is 0 Å². The van der Waals surface area contributed by atoms with Gasteiger partial charge in [-0.3, -0.25) is 4.79 Å². The van der Waals surface area contributed by atoms with E-state index in [-0.39, 0.29) is 17.4 Å². The predicted molar refractivity (Wildman–Crippen MR) is 121 cm³/mol. The van der Waals surface area contributed by atoms with E-state index >= 15 is 0 Å². The number of benzene rings is 2. The van der Waals surface area contributed by atoms with Crippen LogP contribution in [-0.4, -0.2) is 56.4 Å². The average Bonchev–Trinajstić information content (AvgIpc) is 3.37. The Balaban J connectivity index is 1.39. The van der Waals surface area contributed by atoms with Crippen LogP contribution < -0.4 is 4.74 Å². The van der Waals surface area contributed by atoms with Crippen molar-refractivity contribution < 1.29 is 27.1 Å². The van der Waals surface area contributed by atoms with Crippen LogP contribution in [0.3, 0.4) is 0 Å². The van der Waals surface area contributed by atoms with Crippen LogP contribution in [0.15, 0.2) is 82.3 Å². The van der Waals surface area contributed by atoms with Gasteiger partial charge in [0.05, 0.1) is 30.9 Å². The highest BCUT2D eigenvalue weighted by molar-refractivity contribution is 7.89. The van der Waals surface area contributed by atoms with Gasteiger partial charge in [0.15, 0.2) is 6.61 Å². The smallest absolute Gasteiger partial charge is 0.261 e. The molecular weight excluding hydrogens is 444 g/mol. The minimum Gasteiger partial charge on any atom is -0.484 e. The average molecular weight is 471 g/mol. The topological polar surface area (TPSA) is 89.3 Å². The van der Waals surface area contributed by atoms with E-state index in [1.54, 1.807) is 29.4 Å². The van der Waals surface area contributed by atoms with Gasteiger partial charge in [-0.2, -0.15) is 4.31 Å². The molecule has 174 valence electrons. The maximum Gasteiger partial charge on any atom is 0.261 e. The number of ether oxygens (including phenoxy) is 2. The summed E-state index contributed by atoms with van der Waals surface area (Å²) in [6, 6.07) is 19.4. The van der Waals surface area contributed by atoms with Gasteiger partial charge in [-0.1, -0.05) is 30.3 Å². The second-order valence-corrected chi connectivity index (χ2v) is 9.53. The fourth-order valence-electron chi connectivity index (χ4n) is 3.51. The number of carbonyl (C=O) groups excluding carboxylic acids is 1. The summed E-state index contributed by atoms with van der Waals surface area (Å²) in [5.41, 5.74) is 0.995. The van der Waals surface area contributed by atoms with Gasteiger partial charge in [-0.05, 0) is 42.0 Å². The van der Waals surface area contributed by atoms with Gasteiger partial charge >= 0.3 is 0 Å². The number of furan rings is 1. The van der Waals surface area contributed by atoms with E-state index in [1.807, 2.05) is 36.4 Å². The summed E-state index contributed by atoms with van der Waals surface area (Å²) in [7, 11) is -3.57. The molecule has 1 amide bonds. The molecule has 0 bridgehead atoms. The molecule has 2 heterocycles. The van der Waals surface area contributed by atoms with E-state index in [9.17, 15) is 13.2 Å². The molecule has 0 spiro atoms. The summed E-state index contributed by atoms with van der Waals surface area (Å²) in [6.45, 7) is 2.01. The highest BCUT2D eigenvalue weighted by atomic mass is 32.2. The fraction of sp³-hybridized carbons (Fsp3) is 0.292. The first-order chi connectivity index (χ1) is 16.0. The lowest BCUT2D eigenvalue weighted by atomic mass is 10.2. The molecule has 4 rings (SSSR count). The summed E-state index contributed by atoms with van der Waals surface area (Å²) >= 11 is 0. The minimum absolute atomic E-state index is 0.177. The van der Waals surface area contributed by atoms with Crippen LogP contribution in [0, 0.1) is 0 Å². The first-order valence-electron chi connectivity index (χ1n) is 10.7. The van der Waals surface area contributed by atoms with Gasteiger partial charge in [0.25, 0.3) is 5.91 Å². The highest BCUT2D eigenvalue weighted by Gasteiger charge is 2.26. The maximum atomic E-state index is 12.9. The SMILES string of the molecule is O=C(COc1ccc(S(=O)(=O)N2CCOCC2)cc1)N(Cc1ccccc1)Cc1ccco1. The van der Waals surface area contributed by atoms with E-state index < -0.39 is 10.0 Å². The standard InChI is InChI=1S/C24H26N2O6S/c27-24(25(18-22-7-4-14-31-22)17-20-5-2-1-3-6-20)19-32-21-8-10-23(11-9-21)33(28,29)26-12-15-30-16-13-26/h1-11,14H,12-13,15-19H2. The summed E-state index contributed by atoms with van der Waals surface area (Å²) in [4.78, 5) is 14.8. The molecule has 1 aromatic heterocycles. The van der Waals surface area contributed by atoms with Crippen molar-refractivity contribution in [2.45, 2.75) is 18.0 Å². The van der Waals surface area contributed by atoms with E-state index in [4.69, 9.17) is 13.9 Å². The number of morpholine rings is 1. The normalized spacial score (nSPS) is 14.7. The zero-order valence-electron chi connectivity index (χ0n) is 18.1. The van der Waals surface area contributed by atoms with Crippen molar-refractivity contribution in [2.75, 3.05) is 32.9 Å². The number of nitrogens with zero attached hydrogens (tertiary/aromatic N) is 2. The third-order valence-electron chi connectivity index (χ3n) is 5.29. The minimum atomic E-state index is -3.57. The van der Waals surface area contributed by atoms with Crippen molar-refractivity contribution in [1.29, 1.82) is 0 Å². The number of hydrogen-bond donors (Lipinski definition) is 0. The Labute approximate surface area is 193 Å². The first-order valence-corrected chi connectivity index (χ1v) is 12.1. The molecule has 1 aliphatic heterocycles. The quantitative estimate of drug-likeness (QED) is 0.478. The molecule has 2 aromatic carbocycles.